The van der Waals surface area contributed by atoms with Crippen molar-refractivity contribution >= 4 is 55.6 Å². The number of amides is 2. The molecule has 2 rings (SSSR count). The highest BCUT2D eigenvalue weighted by Crippen LogP contribution is 2.20. The van der Waals surface area contributed by atoms with Crippen LogP contribution in [0.15, 0.2) is 62.6 Å². The minimum Gasteiger partial charge on any atom is -0.317 e. The molecule has 2 amide bonds. The van der Waals surface area contributed by atoms with E-state index in [0.717, 1.165) is 10.0 Å². The predicted molar refractivity (Wildman–Crippen MR) is 92.7 cm³/mol. The zero-order valence-corrected chi connectivity index (χ0v) is 14.4. The van der Waals surface area contributed by atoms with E-state index < -0.39 is 11.8 Å². The molecule has 2 N–H and O–H groups in total. The Hall–Kier alpha value is -1.99. The van der Waals surface area contributed by atoms with E-state index in [0.29, 0.717) is 10.2 Å². The normalized spacial score (nSPS) is 10.5. The van der Waals surface area contributed by atoms with Gasteiger partial charge in [0, 0.05) is 8.95 Å². The van der Waals surface area contributed by atoms with Crippen LogP contribution in [0.5, 0.6) is 0 Å². The van der Waals surface area contributed by atoms with Gasteiger partial charge in [-0.2, -0.15) is 5.10 Å². The van der Waals surface area contributed by atoms with Gasteiger partial charge in [-0.15, -0.1) is 0 Å². The number of benzene rings is 2. The smallest absolute Gasteiger partial charge is 0.317 e. The molecule has 2 aromatic carbocycles. The van der Waals surface area contributed by atoms with Crippen LogP contribution in [0.3, 0.4) is 0 Å². The highest BCUT2D eigenvalue weighted by Gasteiger charge is 2.13. The van der Waals surface area contributed by atoms with Gasteiger partial charge in [0.25, 0.3) is 0 Å². The van der Waals surface area contributed by atoms with E-state index in [4.69, 9.17) is 0 Å². The zero-order chi connectivity index (χ0) is 15.9. The number of hydrogen-bond acceptors (Lipinski definition) is 3. The van der Waals surface area contributed by atoms with E-state index in [1.807, 2.05) is 30.3 Å². The second kappa shape index (κ2) is 7.86. The van der Waals surface area contributed by atoms with Gasteiger partial charge in [-0.3, -0.25) is 9.59 Å². The van der Waals surface area contributed by atoms with E-state index >= 15 is 0 Å². The topological polar surface area (TPSA) is 70.6 Å². The molecule has 2 aromatic rings. The van der Waals surface area contributed by atoms with E-state index in [2.05, 4.69) is 47.7 Å². The van der Waals surface area contributed by atoms with Crippen LogP contribution in [-0.2, 0) is 9.59 Å². The maximum Gasteiger partial charge on any atom is 0.329 e. The Morgan fingerprint density at radius 2 is 1.64 bits per heavy atom. The van der Waals surface area contributed by atoms with E-state index in [1.165, 1.54) is 6.21 Å². The van der Waals surface area contributed by atoms with Crippen molar-refractivity contribution in [2.75, 3.05) is 5.32 Å². The number of nitrogens with one attached hydrogen (secondary N) is 2. The first kappa shape index (κ1) is 16.4. The molecular formula is C15H11Br2N3O2. The van der Waals surface area contributed by atoms with Crippen LogP contribution < -0.4 is 10.7 Å². The Bertz CT molecular complexity index is 715. The second-order valence-corrected chi connectivity index (χ2v) is 5.95. The lowest BCUT2D eigenvalue weighted by atomic mass is 10.2. The Morgan fingerprint density at radius 3 is 2.32 bits per heavy atom. The number of rotatable bonds is 3. The van der Waals surface area contributed by atoms with E-state index in [1.54, 1.807) is 18.2 Å². The molecule has 0 fully saturated rings. The number of carbonyl (C=O) groups is 2. The highest BCUT2D eigenvalue weighted by molar-refractivity contribution is 9.10. The Labute approximate surface area is 144 Å². The molecular weight excluding hydrogens is 414 g/mol. The molecule has 0 aliphatic heterocycles. The highest BCUT2D eigenvalue weighted by atomic mass is 79.9. The summed E-state index contributed by atoms with van der Waals surface area (Å²) in [4.78, 5) is 23.4. The Balaban J connectivity index is 1.90. The lowest BCUT2D eigenvalue weighted by molar-refractivity contribution is -0.136. The molecule has 7 heteroatoms. The molecule has 0 aromatic heterocycles. The zero-order valence-electron chi connectivity index (χ0n) is 11.2. The van der Waals surface area contributed by atoms with Crippen LogP contribution in [0.4, 0.5) is 5.69 Å². The van der Waals surface area contributed by atoms with Crippen LogP contribution in [0.2, 0.25) is 0 Å². The SMILES string of the molecule is O=C(N/N=C/c1ccc(Br)cc1)C(=O)Nc1ccccc1Br. The number of hydrogen-bond donors (Lipinski definition) is 2. The number of hydrazone groups is 1. The van der Waals surface area contributed by atoms with E-state index in [-0.39, 0.29) is 0 Å². The number of nitrogens with zero attached hydrogens (tertiary/aromatic N) is 1. The third kappa shape index (κ3) is 4.78. The van der Waals surface area contributed by atoms with Gasteiger partial charge in [0.2, 0.25) is 0 Å². The standard InChI is InChI=1S/C15H11Br2N3O2/c16-11-7-5-10(6-8-11)9-18-20-15(22)14(21)19-13-4-2-1-3-12(13)17/h1-9H,(H,19,21)(H,20,22)/b18-9+. The molecule has 0 saturated heterocycles. The summed E-state index contributed by atoms with van der Waals surface area (Å²) >= 11 is 6.61. The minimum atomic E-state index is -0.843. The number of halogens is 2. The summed E-state index contributed by atoms with van der Waals surface area (Å²) in [7, 11) is 0. The quantitative estimate of drug-likeness (QED) is 0.450. The average molecular weight is 425 g/mol. The van der Waals surface area contributed by atoms with Gasteiger partial charge >= 0.3 is 11.8 Å². The van der Waals surface area contributed by atoms with Gasteiger partial charge in [-0.25, -0.2) is 5.43 Å². The summed E-state index contributed by atoms with van der Waals surface area (Å²) in [5, 5.41) is 6.23. The second-order valence-electron chi connectivity index (χ2n) is 4.18. The number of para-hydroxylation sites is 1. The van der Waals surface area contributed by atoms with Crippen LogP contribution >= 0.6 is 31.9 Å². The van der Waals surface area contributed by atoms with Crippen molar-refractivity contribution in [2.45, 2.75) is 0 Å². The fraction of sp³-hybridized carbons (Fsp3) is 0. The van der Waals surface area contributed by atoms with Gasteiger partial charge in [-0.05, 0) is 45.8 Å². The molecule has 0 aliphatic rings. The first-order valence-electron chi connectivity index (χ1n) is 6.21. The Kier molecular flexibility index (Phi) is 5.85. The molecule has 22 heavy (non-hydrogen) atoms. The lowest BCUT2D eigenvalue weighted by Gasteiger charge is -2.05. The average Bonchev–Trinajstić information content (AvgIpc) is 2.51. The molecule has 0 heterocycles. The number of carbonyl (C=O) groups excluding carboxylic acids is 2. The molecule has 0 spiro atoms. The first-order chi connectivity index (χ1) is 10.6. The van der Waals surface area contributed by atoms with Crippen LogP contribution in [0.1, 0.15) is 5.56 Å². The van der Waals surface area contributed by atoms with Gasteiger partial charge in [0.05, 0.1) is 11.9 Å². The molecule has 0 saturated carbocycles. The summed E-state index contributed by atoms with van der Waals surface area (Å²) in [6.07, 6.45) is 1.45. The van der Waals surface area contributed by atoms with Crippen LogP contribution in [-0.4, -0.2) is 18.0 Å². The van der Waals surface area contributed by atoms with Crippen molar-refractivity contribution in [3.8, 4) is 0 Å². The fourth-order valence-electron chi connectivity index (χ4n) is 1.51. The third-order valence-corrected chi connectivity index (χ3v) is 3.80. The molecule has 0 bridgehead atoms. The fourth-order valence-corrected chi connectivity index (χ4v) is 2.15. The maximum atomic E-state index is 11.7. The van der Waals surface area contributed by atoms with Crippen molar-refractivity contribution < 1.29 is 9.59 Å². The van der Waals surface area contributed by atoms with Gasteiger partial charge < -0.3 is 5.32 Å². The van der Waals surface area contributed by atoms with Crippen molar-refractivity contribution in [1.29, 1.82) is 0 Å². The summed E-state index contributed by atoms with van der Waals surface area (Å²) < 4.78 is 1.64. The molecule has 0 unspecified atom stereocenters. The monoisotopic (exact) mass is 423 g/mol. The molecule has 5 nitrogen and oxygen atoms in total. The van der Waals surface area contributed by atoms with Gasteiger partial charge in [0.15, 0.2) is 0 Å². The maximum absolute atomic E-state index is 11.7. The first-order valence-corrected chi connectivity index (χ1v) is 7.79. The molecule has 0 aliphatic carbocycles. The predicted octanol–water partition coefficient (Wildman–Crippen LogP) is 3.30. The minimum absolute atomic E-state index is 0.513. The van der Waals surface area contributed by atoms with Crippen LogP contribution in [0.25, 0.3) is 0 Å². The molecule has 112 valence electrons. The summed E-state index contributed by atoms with van der Waals surface area (Å²) in [6.45, 7) is 0. The third-order valence-electron chi connectivity index (χ3n) is 2.58. The lowest BCUT2D eigenvalue weighted by Crippen LogP contribution is -2.32. The molecule has 0 radical (unpaired) electrons. The summed E-state index contributed by atoms with van der Waals surface area (Å²) in [5.74, 6) is -1.64. The van der Waals surface area contributed by atoms with Gasteiger partial charge in [-0.1, -0.05) is 40.2 Å². The van der Waals surface area contributed by atoms with Crippen molar-refractivity contribution in [3.63, 3.8) is 0 Å². The Morgan fingerprint density at radius 1 is 0.955 bits per heavy atom. The van der Waals surface area contributed by atoms with E-state index in [9.17, 15) is 9.59 Å². The van der Waals surface area contributed by atoms with Crippen molar-refractivity contribution in [3.05, 3.63) is 63.0 Å². The summed E-state index contributed by atoms with van der Waals surface area (Å²) in [5.41, 5.74) is 3.49. The summed E-state index contributed by atoms with van der Waals surface area (Å²) in [6, 6.07) is 14.3. The van der Waals surface area contributed by atoms with Crippen molar-refractivity contribution in [2.24, 2.45) is 5.10 Å². The molecule has 0 atom stereocenters. The van der Waals surface area contributed by atoms with Crippen LogP contribution in [0, 0.1) is 0 Å². The van der Waals surface area contributed by atoms with Gasteiger partial charge in [0.1, 0.15) is 0 Å². The number of anilines is 1. The van der Waals surface area contributed by atoms with Crippen molar-refractivity contribution in [1.82, 2.24) is 5.43 Å². The largest absolute Gasteiger partial charge is 0.329 e.